The van der Waals surface area contributed by atoms with Crippen LogP contribution in [0.1, 0.15) is 44.1 Å². The predicted octanol–water partition coefficient (Wildman–Crippen LogP) is 3.42. The van der Waals surface area contributed by atoms with Gasteiger partial charge in [0.05, 0.1) is 7.11 Å². The van der Waals surface area contributed by atoms with Crippen molar-refractivity contribution in [3.05, 3.63) is 41.5 Å². The van der Waals surface area contributed by atoms with E-state index in [2.05, 4.69) is 23.5 Å². The Labute approximate surface area is 121 Å². The Morgan fingerprint density at radius 3 is 2.60 bits per heavy atom. The van der Waals surface area contributed by atoms with Gasteiger partial charge in [0.15, 0.2) is 0 Å². The van der Waals surface area contributed by atoms with Crippen molar-refractivity contribution < 1.29 is 9.53 Å². The SMILES string of the molecule is COc1ccc(C(CNC(C)=O)C2=CCCCC2)cc1. The van der Waals surface area contributed by atoms with Crippen LogP contribution in [0.2, 0.25) is 0 Å². The molecule has 1 aromatic rings. The standard InChI is InChI=1S/C17H23NO2/c1-13(19)18-12-17(14-6-4-3-5-7-14)15-8-10-16(20-2)11-9-15/h6,8-11,17H,3-5,7,12H2,1-2H3,(H,18,19). The second kappa shape index (κ2) is 7.13. The zero-order chi connectivity index (χ0) is 14.4. The quantitative estimate of drug-likeness (QED) is 0.835. The van der Waals surface area contributed by atoms with E-state index < -0.39 is 0 Å². The molecule has 0 aromatic heterocycles. The number of rotatable bonds is 5. The average molecular weight is 273 g/mol. The summed E-state index contributed by atoms with van der Waals surface area (Å²) in [6.07, 6.45) is 7.16. The van der Waals surface area contributed by atoms with Crippen LogP contribution in [0.5, 0.6) is 5.75 Å². The number of allylic oxidation sites excluding steroid dienone is 1. The van der Waals surface area contributed by atoms with Crippen molar-refractivity contribution in [1.29, 1.82) is 0 Å². The lowest BCUT2D eigenvalue weighted by Gasteiger charge is -2.24. The number of methoxy groups -OCH3 is 1. The molecule has 3 nitrogen and oxygen atoms in total. The second-order valence-electron chi connectivity index (χ2n) is 5.29. The molecule has 1 aliphatic rings. The highest BCUT2D eigenvalue weighted by Gasteiger charge is 2.18. The van der Waals surface area contributed by atoms with Crippen LogP contribution in [-0.4, -0.2) is 19.6 Å². The van der Waals surface area contributed by atoms with E-state index in [0.717, 1.165) is 18.6 Å². The Morgan fingerprint density at radius 2 is 2.05 bits per heavy atom. The summed E-state index contributed by atoms with van der Waals surface area (Å²) in [5.41, 5.74) is 2.70. The van der Waals surface area contributed by atoms with Gasteiger partial charge in [-0.1, -0.05) is 23.8 Å². The lowest BCUT2D eigenvalue weighted by molar-refractivity contribution is -0.118. The molecule has 0 bridgehead atoms. The van der Waals surface area contributed by atoms with Gasteiger partial charge >= 0.3 is 0 Å². The molecule has 0 radical (unpaired) electrons. The van der Waals surface area contributed by atoms with E-state index in [1.807, 2.05) is 12.1 Å². The zero-order valence-corrected chi connectivity index (χ0v) is 12.3. The molecule has 20 heavy (non-hydrogen) atoms. The smallest absolute Gasteiger partial charge is 0.216 e. The van der Waals surface area contributed by atoms with E-state index in [-0.39, 0.29) is 11.8 Å². The largest absolute Gasteiger partial charge is 0.497 e. The van der Waals surface area contributed by atoms with E-state index in [0.29, 0.717) is 6.54 Å². The molecule has 0 heterocycles. The van der Waals surface area contributed by atoms with Crippen LogP contribution in [0.4, 0.5) is 0 Å². The number of ether oxygens (including phenoxy) is 1. The Hall–Kier alpha value is -1.77. The lowest BCUT2D eigenvalue weighted by Crippen LogP contribution is -2.27. The summed E-state index contributed by atoms with van der Waals surface area (Å²) in [5, 5.41) is 2.96. The number of amides is 1. The monoisotopic (exact) mass is 273 g/mol. The van der Waals surface area contributed by atoms with Crippen LogP contribution >= 0.6 is 0 Å². The molecular formula is C17H23NO2. The number of nitrogens with one attached hydrogen (secondary N) is 1. The first-order chi connectivity index (χ1) is 9.70. The van der Waals surface area contributed by atoms with Crippen molar-refractivity contribution in [3.8, 4) is 5.75 Å². The topological polar surface area (TPSA) is 38.3 Å². The maximum Gasteiger partial charge on any atom is 0.216 e. The minimum absolute atomic E-state index is 0.0277. The van der Waals surface area contributed by atoms with Crippen molar-refractivity contribution in [1.82, 2.24) is 5.32 Å². The minimum Gasteiger partial charge on any atom is -0.497 e. The highest BCUT2D eigenvalue weighted by atomic mass is 16.5. The summed E-state index contributed by atoms with van der Waals surface area (Å²) in [5.74, 6) is 1.18. The summed E-state index contributed by atoms with van der Waals surface area (Å²) < 4.78 is 5.21. The fourth-order valence-corrected chi connectivity index (χ4v) is 2.72. The molecule has 3 heteroatoms. The fourth-order valence-electron chi connectivity index (χ4n) is 2.72. The third-order valence-corrected chi connectivity index (χ3v) is 3.85. The molecular weight excluding hydrogens is 250 g/mol. The van der Waals surface area contributed by atoms with Crippen LogP contribution in [0.25, 0.3) is 0 Å². The van der Waals surface area contributed by atoms with Crippen LogP contribution < -0.4 is 10.1 Å². The molecule has 2 rings (SSSR count). The molecule has 1 unspecified atom stereocenters. The molecule has 0 spiro atoms. The van der Waals surface area contributed by atoms with E-state index >= 15 is 0 Å². The summed E-state index contributed by atoms with van der Waals surface area (Å²) in [6.45, 7) is 2.24. The molecule has 0 aliphatic heterocycles. The highest BCUT2D eigenvalue weighted by Crippen LogP contribution is 2.32. The number of hydrogen-bond donors (Lipinski definition) is 1. The average Bonchev–Trinajstić information content (AvgIpc) is 2.49. The Bertz CT molecular complexity index is 476. The number of carbonyl (C=O) groups is 1. The van der Waals surface area contributed by atoms with Gasteiger partial charge in [0.25, 0.3) is 0 Å². The van der Waals surface area contributed by atoms with Crippen molar-refractivity contribution in [2.24, 2.45) is 0 Å². The fraction of sp³-hybridized carbons (Fsp3) is 0.471. The summed E-state index contributed by atoms with van der Waals surface area (Å²) in [7, 11) is 1.67. The number of hydrogen-bond acceptors (Lipinski definition) is 2. The molecule has 1 amide bonds. The van der Waals surface area contributed by atoms with Crippen LogP contribution in [0.15, 0.2) is 35.9 Å². The number of carbonyl (C=O) groups excluding carboxylic acids is 1. The Kier molecular flexibility index (Phi) is 5.22. The van der Waals surface area contributed by atoms with Crippen molar-refractivity contribution in [2.75, 3.05) is 13.7 Å². The molecule has 1 aromatic carbocycles. The van der Waals surface area contributed by atoms with E-state index in [4.69, 9.17) is 4.74 Å². The predicted molar refractivity (Wildman–Crippen MR) is 81.0 cm³/mol. The third-order valence-electron chi connectivity index (χ3n) is 3.85. The number of benzene rings is 1. The molecule has 1 atom stereocenters. The van der Waals surface area contributed by atoms with Gasteiger partial charge in [-0.25, -0.2) is 0 Å². The van der Waals surface area contributed by atoms with Crippen LogP contribution in [0.3, 0.4) is 0 Å². The van der Waals surface area contributed by atoms with Gasteiger partial charge in [0.1, 0.15) is 5.75 Å². The van der Waals surface area contributed by atoms with Gasteiger partial charge in [-0.15, -0.1) is 0 Å². The maximum absolute atomic E-state index is 11.2. The van der Waals surface area contributed by atoms with E-state index in [1.165, 1.54) is 24.0 Å². The van der Waals surface area contributed by atoms with Crippen molar-refractivity contribution >= 4 is 5.91 Å². The molecule has 0 saturated carbocycles. The Balaban J connectivity index is 2.19. The highest BCUT2D eigenvalue weighted by molar-refractivity contribution is 5.73. The molecule has 1 N–H and O–H groups in total. The van der Waals surface area contributed by atoms with Crippen molar-refractivity contribution in [2.45, 2.75) is 38.5 Å². The van der Waals surface area contributed by atoms with E-state index in [9.17, 15) is 4.79 Å². The molecule has 0 saturated heterocycles. The summed E-state index contributed by atoms with van der Waals surface area (Å²) in [4.78, 5) is 11.2. The Morgan fingerprint density at radius 1 is 1.30 bits per heavy atom. The second-order valence-corrected chi connectivity index (χ2v) is 5.29. The van der Waals surface area contributed by atoms with Gasteiger partial charge in [-0.3, -0.25) is 4.79 Å². The van der Waals surface area contributed by atoms with Crippen LogP contribution in [-0.2, 0) is 4.79 Å². The van der Waals surface area contributed by atoms with Crippen LogP contribution in [0, 0.1) is 0 Å². The van der Waals surface area contributed by atoms with Crippen molar-refractivity contribution in [3.63, 3.8) is 0 Å². The van der Waals surface area contributed by atoms with Gasteiger partial charge in [-0.05, 0) is 43.4 Å². The van der Waals surface area contributed by atoms with Gasteiger partial charge < -0.3 is 10.1 Å². The minimum atomic E-state index is 0.0277. The summed E-state index contributed by atoms with van der Waals surface area (Å²) in [6, 6.07) is 8.17. The van der Waals surface area contributed by atoms with Gasteiger partial charge in [0, 0.05) is 19.4 Å². The first kappa shape index (κ1) is 14.6. The van der Waals surface area contributed by atoms with Gasteiger partial charge in [0.2, 0.25) is 5.91 Å². The lowest BCUT2D eigenvalue weighted by atomic mass is 9.84. The first-order valence-corrected chi connectivity index (χ1v) is 7.28. The maximum atomic E-state index is 11.2. The zero-order valence-electron chi connectivity index (χ0n) is 12.3. The molecule has 108 valence electrons. The van der Waals surface area contributed by atoms with E-state index in [1.54, 1.807) is 14.0 Å². The molecule has 0 fully saturated rings. The normalized spacial score (nSPS) is 16.2. The third kappa shape index (κ3) is 3.86. The first-order valence-electron chi connectivity index (χ1n) is 7.28. The van der Waals surface area contributed by atoms with Gasteiger partial charge in [-0.2, -0.15) is 0 Å². The summed E-state index contributed by atoms with van der Waals surface area (Å²) >= 11 is 0. The molecule has 1 aliphatic carbocycles.